The van der Waals surface area contributed by atoms with Crippen LogP contribution in [0.2, 0.25) is 0 Å². The molecule has 0 amide bonds. The molecule has 2 aliphatic rings. The third-order valence-electron chi connectivity index (χ3n) is 5.92. The van der Waals surface area contributed by atoms with Crippen LogP contribution in [0.25, 0.3) is 0 Å². The second-order valence-electron chi connectivity index (χ2n) is 7.37. The summed E-state index contributed by atoms with van der Waals surface area (Å²) in [5, 5.41) is 14.0. The molecule has 21 heavy (non-hydrogen) atoms. The van der Waals surface area contributed by atoms with Crippen LogP contribution in [0.3, 0.4) is 0 Å². The second kappa shape index (κ2) is 8.50. The fraction of sp³-hybridized carbons (Fsp3) is 1.00. The first-order chi connectivity index (χ1) is 10.2. The fourth-order valence-corrected chi connectivity index (χ4v) is 4.58. The Labute approximate surface area is 131 Å². The van der Waals surface area contributed by atoms with Crippen molar-refractivity contribution in [2.24, 2.45) is 11.8 Å². The molecule has 2 saturated carbocycles. The van der Waals surface area contributed by atoms with Gasteiger partial charge in [-0.05, 0) is 57.5 Å². The van der Waals surface area contributed by atoms with Crippen LogP contribution in [0.4, 0.5) is 0 Å². The smallest absolute Gasteiger partial charge is 0.0695 e. The zero-order valence-electron chi connectivity index (χ0n) is 14.4. The summed E-state index contributed by atoms with van der Waals surface area (Å²) in [5.74, 6) is 1.66. The van der Waals surface area contributed by atoms with Gasteiger partial charge in [-0.3, -0.25) is 0 Å². The molecule has 3 nitrogen and oxygen atoms in total. The van der Waals surface area contributed by atoms with E-state index in [2.05, 4.69) is 31.1 Å². The molecule has 5 atom stereocenters. The molecule has 0 aliphatic heterocycles. The van der Waals surface area contributed by atoms with Crippen LogP contribution in [0, 0.1) is 11.8 Å². The van der Waals surface area contributed by atoms with Gasteiger partial charge in [0.05, 0.1) is 6.10 Å². The van der Waals surface area contributed by atoms with Crippen LogP contribution in [-0.2, 0) is 0 Å². The summed E-state index contributed by atoms with van der Waals surface area (Å²) in [4.78, 5) is 2.47. The number of aliphatic hydroxyl groups is 1. The van der Waals surface area contributed by atoms with Crippen molar-refractivity contribution in [3.05, 3.63) is 0 Å². The highest BCUT2D eigenvalue weighted by Crippen LogP contribution is 2.33. The van der Waals surface area contributed by atoms with Gasteiger partial charge in [-0.1, -0.05) is 33.1 Å². The molecular formula is C18H36N2O. The standard InChI is InChI=1S/C18H36N2O/c1-4-14-10-11-16(19-5-2)15(12-14)13-20(3)17-8-6-7-9-18(17)21/h14-19,21H,4-13H2,1-3H3. The largest absolute Gasteiger partial charge is 0.391 e. The van der Waals surface area contributed by atoms with Gasteiger partial charge in [0.25, 0.3) is 0 Å². The Kier molecular flexibility index (Phi) is 6.97. The highest BCUT2D eigenvalue weighted by molar-refractivity contribution is 4.89. The minimum Gasteiger partial charge on any atom is -0.391 e. The summed E-state index contributed by atoms with van der Waals surface area (Å²) in [6.45, 7) is 6.78. The van der Waals surface area contributed by atoms with Crippen LogP contribution in [0.1, 0.15) is 65.2 Å². The van der Waals surface area contributed by atoms with E-state index in [1.54, 1.807) is 0 Å². The zero-order chi connectivity index (χ0) is 15.2. The van der Waals surface area contributed by atoms with Gasteiger partial charge >= 0.3 is 0 Å². The Balaban J connectivity index is 1.92. The quantitative estimate of drug-likeness (QED) is 0.791. The molecule has 2 fully saturated rings. The Hall–Kier alpha value is -0.120. The molecule has 2 rings (SSSR count). The van der Waals surface area contributed by atoms with Crippen molar-refractivity contribution >= 4 is 0 Å². The summed E-state index contributed by atoms with van der Waals surface area (Å²) >= 11 is 0. The van der Waals surface area contributed by atoms with Gasteiger partial charge in [0.2, 0.25) is 0 Å². The van der Waals surface area contributed by atoms with Crippen molar-refractivity contribution in [3.63, 3.8) is 0 Å². The Morgan fingerprint density at radius 2 is 1.86 bits per heavy atom. The highest BCUT2D eigenvalue weighted by atomic mass is 16.3. The zero-order valence-corrected chi connectivity index (χ0v) is 14.4. The molecule has 2 aliphatic carbocycles. The summed E-state index contributed by atoms with van der Waals surface area (Å²) in [7, 11) is 2.23. The van der Waals surface area contributed by atoms with Gasteiger partial charge in [0.15, 0.2) is 0 Å². The van der Waals surface area contributed by atoms with Crippen LogP contribution < -0.4 is 5.32 Å². The first-order valence-electron chi connectivity index (χ1n) is 9.27. The van der Waals surface area contributed by atoms with Crippen molar-refractivity contribution in [2.45, 2.75) is 83.4 Å². The van der Waals surface area contributed by atoms with Crippen molar-refractivity contribution < 1.29 is 5.11 Å². The molecule has 3 heteroatoms. The molecule has 0 saturated heterocycles. The maximum Gasteiger partial charge on any atom is 0.0695 e. The molecule has 0 radical (unpaired) electrons. The second-order valence-corrected chi connectivity index (χ2v) is 7.37. The molecule has 0 bridgehead atoms. The van der Waals surface area contributed by atoms with Crippen molar-refractivity contribution in [1.29, 1.82) is 0 Å². The minimum absolute atomic E-state index is 0.105. The van der Waals surface area contributed by atoms with Gasteiger partial charge in [-0.25, -0.2) is 0 Å². The molecule has 0 aromatic heterocycles. The van der Waals surface area contributed by atoms with E-state index in [4.69, 9.17) is 0 Å². The van der Waals surface area contributed by atoms with Crippen LogP contribution in [-0.4, -0.2) is 48.3 Å². The Bertz CT molecular complexity index is 297. The van der Waals surface area contributed by atoms with E-state index in [9.17, 15) is 5.11 Å². The van der Waals surface area contributed by atoms with Crippen molar-refractivity contribution in [1.82, 2.24) is 10.2 Å². The number of nitrogens with one attached hydrogen (secondary N) is 1. The lowest BCUT2D eigenvalue weighted by molar-refractivity contribution is 0.0172. The maximum atomic E-state index is 10.3. The molecule has 124 valence electrons. The topological polar surface area (TPSA) is 35.5 Å². The van der Waals surface area contributed by atoms with E-state index in [1.807, 2.05) is 0 Å². The van der Waals surface area contributed by atoms with Crippen LogP contribution in [0.5, 0.6) is 0 Å². The molecule has 2 N–H and O–H groups in total. The number of aliphatic hydroxyl groups excluding tert-OH is 1. The normalized spacial score (nSPS) is 37.9. The van der Waals surface area contributed by atoms with Crippen LogP contribution >= 0.6 is 0 Å². The summed E-state index contributed by atoms with van der Waals surface area (Å²) in [6.07, 6.45) is 9.95. The van der Waals surface area contributed by atoms with Crippen LogP contribution in [0.15, 0.2) is 0 Å². The monoisotopic (exact) mass is 296 g/mol. The molecule has 0 heterocycles. The number of hydrogen-bond donors (Lipinski definition) is 2. The van der Waals surface area contributed by atoms with E-state index in [1.165, 1.54) is 44.9 Å². The number of hydrogen-bond acceptors (Lipinski definition) is 3. The summed E-state index contributed by atoms with van der Waals surface area (Å²) in [6, 6.07) is 1.07. The molecular weight excluding hydrogens is 260 g/mol. The number of likely N-dealkylation sites (N-methyl/N-ethyl adjacent to an activating group) is 1. The molecule has 0 aromatic carbocycles. The first-order valence-corrected chi connectivity index (χ1v) is 9.27. The predicted octanol–water partition coefficient (Wildman–Crippen LogP) is 3.03. The Morgan fingerprint density at radius 3 is 2.52 bits per heavy atom. The van der Waals surface area contributed by atoms with Gasteiger partial charge in [0.1, 0.15) is 0 Å². The lowest BCUT2D eigenvalue weighted by Gasteiger charge is -2.42. The van der Waals surface area contributed by atoms with E-state index in [-0.39, 0.29) is 6.10 Å². The summed E-state index contributed by atoms with van der Waals surface area (Å²) in [5.41, 5.74) is 0. The lowest BCUT2D eigenvalue weighted by Crippen LogP contribution is -2.50. The first kappa shape index (κ1) is 17.2. The average Bonchev–Trinajstić information content (AvgIpc) is 2.49. The van der Waals surface area contributed by atoms with Gasteiger partial charge in [-0.15, -0.1) is 0 Å². The third-order valence-corrected chi connectivity index (χ3v) is 5.92. The lowest BCUT2D eigenvalue weighted by atomic mass is 9.76. The SMILES string of the molecule is CCNC1CCC(CC)CC1CN(C)C1CCCCC1O. The van der Waals surface area contributed by atoms with E-state index >= 15 is 0 Å². The number of nitrogens with zero attached hydrogens (tertiary/aromatic N) is 1. The highest BCUT2D eigenvalue weighted by Gasteiger charge is 2.33. The minimum atomic E-state index is -0.105. The van der Waals surface area contributed by atoms with E-state index in [0.29, 0.717) is 12.1 Å². The average molecular weight is 296 g/mol. The van der Waals surface area contributed by atoms with Crippen molar-refractivity contribution in [3.8, 4) is 0 Å². The summed E-state index contributed by atoms with van der Waals surface area (Å²) < 4.78 is 0. The molecule has 5 unspecified atom stereocenters. The van der Waals surface area contributed by atoms with Gasteiger partial charge in [0, 0.05) is 18.6 Å². The maximum absolute atomic E-state index is 10.3. The number of rotatable bonds is 6. The Morgan fingerprint density at radius 1 is 1.10 bits per heavy atom. The predicted molar refractivity (Wildman–Crippen MR) is 89.5 cm³/mol. The van der Waals surface area contributed by atoms with Crippen molar-refractivity contribution in [2.75, 3.05) is 20.1 Å². The van der Waals surface area contributed by atoms with Gasteiger partial charge < -0.3 is 15.3 Å². The van der Waals surface area contributed by atoms with Gasteiger partial charge in [-0.2, -0.15) is 0 Å². The molecule has 0 aromatic rings. The third kappa shape index (κ3) is 4.67. The fourth-order valence-electron chi connectivity index (χ4n) is 4.58. The van der Waals surface area contributed by atoms with E-state index in [0.717, 1.165) is 31.3 Å². The molecule has 0 spiro atoms. The van der Waals surface area contributed by atoms with E-state index < -0.39 is 0 Å².